The monoisotopic (exact) mass is 223 g/mol. The molecule has 2 saturated heterocycles. The minimum Gasteiger partial charge on any atom is -0.378 e. The molecule has 0 aromatic rings. The van der Waals surface area contributed by atoms with Crippen LogP contribution >= 0.6 is 0 Å². The van der Waals surface area contributed by atoms with Gasteiger partial charge in [-0.05, 0) is 44.7 Å². The zero-order valence-electron chi connectivity index (χ0n) is 10.5. The van der Waals surface area contributed by atoms with Gasteiger partial charge in [-0.15, -0.1) is 0 Å². The van der Waals surface area contributed by atoms with Crippen molar-refractivity contribution in [2.45, 2.75) is 51.6 Å². The van der Waals surface area contributed by atoms with E-state index in [9.17, 15) is 0 Å². The molecule has 3 rings (SSSR count). The Morgan fingerprint density at radius 1 is 1.19 bits per heavy atom. The fourth-order valence-electron chi connectivity index (χ4n) is 4.57. The summed E-state index contributed by atoms with van der Waals surface area (Å²) in [6.07, 6.45) is 9.03. The van der Waals surface area contributed by atoms with Gasteiger partial charge in [-0.2, -0.15) is 0 Å². The van der Waals surface area contributed by atoms with E-state index in [1.165, 1.54) is 51.6 Å². The van der Waals surface area contributed by atoms with E-state index in [2.05, 4.69) is 12.2 Å². The molecule has 0 aromatic carbocycles. The SMILES string of the molecule is CC1OCCC12CCNCC2C1CCCC1. The molecule has 0 aromatic heterocycles. The largest absolute Gasteiger partial charge is 0.378 e. The number of hydrogen-bond acceptors (Lipinski definition) is 2. The lowest BCUT2D eigenvalue weighted by molar-refractivity contribution is -0.0127. The van der Waals surface area contributed by atoms with Crippen LogP contribution in [0.5, 0.6) is 0 Å². The van der Waals surface area contributed by atoms with Crippen molar-refractivity contribution in [2.24, 2.45) is 17.3 Å². The van der Waals surface area contributed by atoms with Crippen LogP contribution in [0.25, 0.3) is 0 Å². The summed E-state index contributed by atoms with van der Waals surface area (Å²) in [4.78, 5) is 0. The summed E-state index contributed by atoms with van der Waals surface area (Å²) in [6.45, 7) is 5.78. The van der Waals surface area contributed by atoms with E-state index >= 15 is 0 Å². The molecule has 2 heterocycles. The Kier molecular flexibility index (Phi) is 2.97. The quantitative estimate of drug-likeness (QED) is 0.738. The third kappa shape index (κ3) is 1.62. The summed E-state index contributed by atoms with van der Waals surface area (Å²) in [6, 6.07) is 0. The van der Waals surface area contributed by atoms with E-state index < -0.39 is 0 Å². The maximum absolute atomic E-state index is 5.91. The Labute approximate surface area is 99.1 Å². The summed E-state index contributed by atoms with van der Waals surface area (Å²) < 4.78 is 5.91. The second-order valence-electron chi connectivity index (χ2n) is 6.10. The number of hydrogen-bond donors (Lipinski definition) is 1. The predicted molar refractivity (Wildman–Crippen MR) is 65.4 cm³/mol. The van der Waals surface area contributed by atoms with Crippen molar-refractivity contribution >= 4 is 0 Å². The number of ether oxygens (including phenoxy) is 1. The second-order valence-corrected chi connectivity index (χ2v) is 6.10. The van der Waals surface area contributed by atoms with E-state index in [-0.39, 0.29) is 0 Å². The molecular formula is C14H25NO. The zero-order valence-corrected chi connectivity index (χ0v) is 10.5. The van der Waals surface area contributed by atoms with Crippen LogP contribution in [0.3, 0.4) is 0 Å². The van der Waals surface area contributed by atoms with Crippen LogP contribution in [-0.4, -0.2) is 25.8 Å². The van der Waals surface area contributed by atoms with Gasteiger partial charge in [0.2, 0.25) is 0 Å². The Morgan fingerprint density at radius 2 is 2.00 bits per heavy atom. The zero-order chi connectivity index (χ0) is 11.0. The standard InChI is InChI=1S/C14H25NO/c1-11-14(7-9-16-11)6-8-15-10-13(14)12-4-2-3-5-12/h11-13,15H,2-10H2,1H3. The van der Waals surface area contributed by atoms with Crippen molar-refractivity contribution < 1.29 is 4.74 Å². The Morgan fingerprint density at radius 3 is 2.69 bits per heavy atom. The van der Waals surface area contributed by atoms with E-state index in [1.54, 1.807) is 0 Å². The van der Waals surface area contributed by atoms with Gasteiger partial charge in [-0.1, -0.05) is 25.7 Å². The highest BCUT2D eigenvalue weighted by Gasteiger charge is 2.51. The molecule has 2 nitrogen and oxygen atoms in total. The smallest absolute Gasteiger partial charge is 0.0607 e. The van der Waals surface area contributed by atoms with E-state index in [1.807, 2.05) is 0 Å². The second kappa shape index (κ2) is 4.30. The molecule has 3 fully saturated rings. The lowest BCUT2D eigenvalue weighted by Crippen LogP contribution is -2.51. The number of nitrogens with one attached hydrogen (secondary N) is 1. The molecule has 1 saturated carbocycles. The molecule has 1 spiro atoms. The maximum atomic E-state index is 5.91. The fourth-order valence-corrected chi connectivity index (χ4v) is 4.57. The maximum Gasteiger partial charge on any atom is 0.0607 e. The first-order chi connectivity index (χ1) is 7.83. The number of piperidine rings is 1. The predicted octanol–water partition coefficient (Wildman–Crippen LogP) is 2.58. The Bertz CT molecular complexity index is 249. The summed E-state index contributed by atoms with van der Waals surface area (Å²) >= 11 is 0. The lowest BCUT2D eigenvalue weighted by atomic mass is 9.62. The molecule has 16 heavy (non-hydrogen) atoms. The normalized spacial score (nSPS) is 45.6. The molecule has 3 atom stereocenters. The Balaban J connectivity index is 1.82. The number of rotatable bonds is 1. The minimum absolute atomic E-state index is 0.500. The third-order valence-electron chi connectivity index (χ3n) is 5.58. The highest BCUT2D eigenvalue weighted by Crippen LogP contribution is 2.51. The molecule has 1 N–H and O–H groups in total. The van der Waals surface area contributed by atoms with Gasteiger partial charge in [0.1, 0.15) is 0 Å². The van der Waals surface area contributed by atoms with Crippen LogP contribution in [0.2, 0.25) is 0 Å². The van der Waals surface area contributed by atoms with Crippen molar-refractivity contribution in [3.05, 3.63) is 0 Å². The van der Waals surface area contributed by atoms with Gasteiger partial charge in [-0.3, -0.25) is 0 Å². The van der Waals surface area contributed by atoms with Crippen molar-refractivity contribution in [3.63, 3.8) is 0 Å². The molecule has 92 valence electrons. The van der Waals surface area contributed by atoms with Gasteiger partial charge in [0, 0.05) is 12.0 Å². The summed E-state index contributed by atoms with van der Waals surface area (Å²) in [7, 11) is 0. The third-order valence-corrected chi connectivity index (χ3v) is 5.58. The van der Waals surface area contributed by atoms with Gasteiger partial charge in [0.25, 0.3) is 0 Å². The molecule has 0 bridgehead atoms. The van der Waals surface area contributed by atoms with Crippen LogP contribution in [-0.2, 0) is 4.74 Å². The molecular weight excluding hydrogens is 198 g/mol. The van der Waals surface area contributed by atoms with Crippen LogP contribution in [0.1, 0.15) is 45.4 Å². The average Bonchev–Trinajstić information content (AvgIpc) is 2.92. The van der Waals surface area contributed by atoms with Gasteiger partial charge >= 0.3 is 0 Å². The molecule has 0 radical (unpaired) electrons. The first-order valence-electron chi connectivity index (χ1n) is 7.15. The van der Waals surface area contributed by atoms with Gasteiger partial charge in [-0.25, -0.2) is 0 Å². The van der Waals surface area contributed by atoms with Crippen LogP contribution in [0.4, 0.5) is 0 Å². The van der Waals surface area contributed by atoms with Crippen molar-refractivity contribution in [1.82, 2.24) is 5.32 Å². The lowest BCUT2D eigenvalue weighted by Gasteiger charge is -2.46. The topological polar surface area (TPSA) is 21.3 Å². The first-order valence-corrected chi connectivity index (χ1v) is 7.15. The average molecular weight is 223 g/mol. The molecule has 3 unspecified atom stereocenters. The van der Waals surface area contributed by atoms with Crippen LogP contribution in [0.15, 0.2) is 0 Å². The molecule has 2 aliphatic heterocycles. The molecule has 3 aliphatic rings. The van der Waals surface area contributed by atoms with Crippen molar-refractivity contribution in [1.29, 1.82) is 0 Å². The van der Waals surface area contributed by atoms with Gasteiger partial charge in [0.05, 0.1) is 6.10 Å². The Hall–Kier alpha value is -0.0800. The van der Waals surface area contributed by atoms with Crippen molar-refractivity contribution in [3.8, 4) is 0 Å². The fraction of sp³-hybridized carbons (Fsp3) is 1.00. The summed E-state index contributed by atoms with van der Waals surface area (Å²) in [5, 5.41) is 3.63. The van der Waals surface area contributed by atoms with E-state index in [0.29, 0.717) is 11.5 Å². The minimum atomic E-state index is 0.500. The summed E-state index contributed by atoms with van der Waals surface area (Å²) in [5.41, 5.74) is 0.528. The molecule has 2 heteroatoms. The van der Waals surface area contributed by atoms with Crippen LogP contribution < -0.4 is 5.32 Å². The van der Waals surface area contributed by atoms with Crippen LogP contribution in [0, 0.1) is 17.3 Å². The molecule has 1 aliphatic carbocycles. The molecule has 0 amide bonds. The van der Waals surface area contributed by atoms with E-state index in [0.717, 1.165) is 18.4 Å². The van der Waals surface area contributed by atoms with E-state index in [4.69, 9.17) is 4.74 Å². The summed E-state index contributed by atoms with van der Waals surface area (Å²) in [5.74, 6) is 1.87. The highest BCUT2D eigenvalue weighted by molar-refractivity contribution is 5.01. The first kappa shape index (κ1) is 11.0. The van der Waals surface area contributed by atoms with Gasteiger partial charge in [0.15, 0.2) is 0 Å². The van der Waals surface area contributed by atoms with Crippen molar-refractivity contribution in [2.75, 3.05) is 19.7 Å². The van der Waals surface area contributed by atoms with Gasteiger partial charge < -0.3 is 10.1 Å². The highest BCUT2D eigenvalue weighted by atomic mass is 16.5.